The first-order chi connectivity index (χ1) is 14.7. The summed E-state index contributed by atoms with van der Waals surface area (Å²) in [5, 5.41) is 0. The molecular weight excluding hydrogens is 440 g/mol. The van der Waals surface area contributed by atoms with E-state index in [0.29, 0.717) is 19.5 Å². The molecule has 1 atom stereocenters. The van der Waals surface area contributed by atoms with Crippen LogP contribution in [0.5, 0.6) is 5.75 Å². The second-order valence-corrected chi connectivity index (χ2v) is 12.1. The number of ether oxygens (including phenoxy) is 1. The van der Waals surface area contributed by atoms with Crippen molar-refractivity contribution in [3.8, 4) is 5.75 Å². The highest BCUT2D eigenvalue weighted by Gasteiger charge is 2.35. The second kappa shape index (κ2) is 9.70. The summed E-state index contributed by atoms with van der Waals surface area (Å²) in [6, 6.07) is 3.89. The van der Waals surface area contributed by atoms with Gasteiger partial charge in [0.25, 0.3) is 5.91 Å². The van der Waals surface area contributed by atoms with E-state index in [1.165, 1.54) is 34.5 Å². The Hall–Kier alpha value is -1.91. The van der Waals surface area contributed by atoms with Gasteiger partial charge in [0, 0.05) is 31.2 Å². The molecule has 2 aliphatic heterocycles. The highest BCUT2D eigenvalue weighted by molar-refractivity contribution is 7.91. The van der Waals surface area contributed by atoms with Gasteiger partial charge < -0.3 is 9.64 Å². The Kier molecular flexibility index (Phi) is 7.43. The van der Waals surface area contributed by atoms with E-state index >= 15 is 0 Å². The van der Waals surface area contributed by atoms with Crippen LogP contribution in [-0.4, -0.2) is 76.2 Å². The highest BCUT2D eigenvalue weighted by atomic mass is 32.2. The molecule has 2 fully saturated rings. The minimum absolute atomic E-state index is 0.0375. The maximum Gasteiger partial charge on any atom is 0.254 e. The number of nitrogens with zero attached hydrogens (tertiary/aromatic N) is 2. The number of rotatable bonds is 7. The topological polar surface area (TPSA) is 101 Å². The van der Waals surface area contributed by atoms with Gasteiger partial charge in [-0.15, -0.1) is 6.58 Å². The summed E-state index contributed by atoms with van der Waals surface area (Å²) in [6.45, 7) is 4.73. The van der Waals surface area contributed by atoms with Crippen LogP contribution in [0.4, 0.5) is 0 Å². The predicted octanol–water partition coefficient (Wildman–Crippen LogP) is 2.08. The summed E-state index contributed by atoms with van der Waals surface area (Å²) in [5.74, 6) is -0.297. The zero-order valence-electron chi connectivity index (χ0n) is 17.8. The van der Waals surface area contributed by atoms with Gasteiger partial charge in [-0.05, 0) is 37.5 Å². The van der Waals surface area contributed by atoms with Crippen LogP contribution in [0.1, 0.15) is 42.5 Å². The van der Waals surface area contributed by atoms with Crippen molar-refractivity contribution in [1.82, 2.24) is 9.21 Å². The zero-order valence-corrected chi connectivity index (χ0v) is 19.5. The Morgan fingerprint density at radius 1 is 1.26 bits per heavy atom. The number of amides is 1. The third-order valence-electron chi connectivity index (χ3n) is 5.83. The predicted molar refractivity (Wildman–Crippen MR) is 119 cm³/mol. The molecule has 0 N–H and O–H groups in total. The second-order valence-electron chi connectivity index (χ2n) is 7.99. The molecule has 0 radical (unpaired) electrons. The minimum atomic E-state index is -3.84. The van der Waals surface area contributed by atoms with Crippen molar-refractivity contribution in [2.45, 2.75) is 43.0 Å². The maximum absolute atomic E-state index is 13.4. The average Bonchev–Trinajstić information content (AvgIpc) is 2.94. The lowest BCUT2D eigenvalue weighted by molar-refractivity contribution is 0.0720. The van der Waals surface area contributed by atoms with Crippen LogP contribution in [0, 0.1) is 0 Å². The Morgan fingerprint density at radius 2 is 1.94 bits per heavy atom. The lowest BCUT2D eigenvalue weighted by Crippen LogP contribution is -2.41. The summed E-state index contributed by atoms with van der Waals surface area (Å²) in [7, 11) is -5.63. The van der Waals surface area contributed by atoms with Crippen LogP contribution in [0.3, 0.4) is 0 Å². The molecule has 1 unspecified atom stereocenters. The molecule has 0 saturated carbocycles. The molecule has 8 nitrogen and oxygen atoms in total. The summed E-state index contributed by atoms with van der Waals surface area (Å²) in [6.07, 6.45) is 5.47. The summed E-state index contributed by atoms with van der Waals surface area (Å²) >= 11 is 0. The standard InChI is InChI=1S/C21H30N2O6S2/c1-3-11-23(18-10-14-30(25,26)16-18)21(24)17-8-9-19(29-2)20(15-17)31(27,28)22-12-6-4-5-7-13-22/h3,8-9,15,18H,1,4-7,10-14,16H2,2H3. The van der Waals surface area contributed by atoms with Crippen molar-refractivity contribution in [1.29, 1.82) is 0 Å². The van der Waals surface area contributed by atoms with Gasteiger partial charge >= 0.3 is 0 Å². The molecule has 0 aromatic heterocycles. The molecule has 2 saturated heterocycles. The average molecular weight is 471 g/mol. The van der Waals surface area contributed by atoms with Gasteiger partial charge in [-0.2, -0.15) is 4.31 Å². The molecule has 10 heteroatoms. The minimum Gasteiger partial charge on any atom is -0.495 e. The fraction of sp³-hybridized carbons (Fsp3) is 0.571. The normalized spacial score (nSPS) is 21.9. The van der Waals surface area contributed by atoms with E-state index in [1.54, 1.807) is 6.08 Å². The fourth-order valence-corrected chi connectivity index (χ4v) is 7.59. The van der Waals surface area contributed by atoms with E-state index in [-0.39, 0.29) is 34.3 Å². The fourth-order valence-electron chi connectivity index (χ4n) is 4.16. The van der Waals surface area contributed by atoms with E-state index in [1.807, 2.05) is 0 Å². The Balaban J connectivity index is 1.96. The molecule has 31 heavy (non-hydrogen) atoms. The van der Waals surface area contributed by atoms with Gasteiger partial charge in [0.05, 0.1) is 18.6 Å². The van der Waals surface area contributed by atoms with Crippen molar-refractivity contribution >= 4 is 25.8 Å². The van der Waals surface area contributed by atoms with Gasteiger partial charge in [0.1, 0.15) is 10.6 Å². The molecule has 172 valence electrons. The van der Waals surface area contributed by atoms with Crippen LogP contribution in [0.25, 0.3) is 0 Å². The van der Waals surface area contributed by atoms with Crippen LogP contribution >= 0.6 is 0 Å². The van der Waals surface area contributed by atoms with Crippen molar-refractivity contribution < 1.29 is 26.4 Å². The number of methoxy groups -OCH3 is 1. The first-order valence-electron chi connectivity index (χ1n) is 10.5. The SMILES string of the molecule is C=CCN(C(=O)c1ccc(OC)c(S(=O)(=O)N2CCCCCC2)c1)C1CCS(=O)(=O)C1. The summed E-state index contributed by atoms with van der Waals surface area (Å²) in [4.78, 5) is 14.7. The van der Waals surface area contributed by atoms with Crippen LogP contribution in [-0.2, 0) is 19.9 Å². The largest absolute Gasteiger partial charge is 0.495 e. The van der Waals surface area contributed by atoms with Crippen LogP contribution < -0.4 is 4.74 Å². The van der Waals surface area contributed by atoms with Crippen molar-refractivity contribution in [3.63, 3.8) is 0 Å². The first kappa shape index (κ1) is 23.7. The number of carbonyl (C=O) groups excluding carboxylic acids is 1. The molecular formula is C21H30N2O6S2. The molecule has 0 spiro atoms. The van der Waals surface area contributed by atoms with Gasteiger partial charge in [-0.1, -0.05) is 18.9 Å². The Morgan fingerprint density at radius 3 is 2.48 bits per heavy atom. The maximum atomic E-state index is 13.4. The lowest BCUT2D eigenvalue weighted by Gasteiger charge is -2.28. The van der Waals surface area contributed by atoms with Crippen LogP contribution in [0.15, 0.2) is 35.7 Å². The summed E-state index contributed by atoms with van der Waals surface area (Å²) < 4.78 is 57.3. The Labute approximate surface area is 184 Å². The molecule has 3 rings (SSSR count). The number of sulfonamides is 1. The van der Waals surface area contributed by atoms with Gasteiger partial charge in [0.15, 0.2) is 9.84 Å². The molecule has 2 heterocycles. The summed E-state index contributed by atoms with van der Waals surface area (Å²) in [5.41, 5.74) is 0.181. The number of hydrogen-bond donors (Lipinski definition) is 0. The van der Waals surface area contributed by atoms with Gasteiger partial charge in [-0.25, -0.2) is 16.8 Å². The lowest BCUT2D eigenvalue weighted by atomic mass is 10.1. The van der Waals surface area contributed by atoms with Crippen molar-refractivity contribution in [2.24, 2.45) is 0 Å². The third-order valence-corrected chi connectivity index (χ3v) is 9.50. The molecule has 1 aromatic rings. The zero-order chi connectivity index (χ0) is 22.6. The van der Waals surface area contributed by atoms with Gasteiger partial charge in [0.2, 0.25) is 10.0 Å². The molecule has 0 aliphatic carbocycles. The number of carbonyl (C=O) groups is 1. The number of hydrogen-bond acceptors (Lipinski definition) is 6. The van der Waals surface area contributed by atoms with E-state index in [4.69, 9.17) is 4.74 Å². The van der Waals surface area contributed by atoms with Crippen LogP contribution in [0.2, 0.25) is 0 Å². The molecule has 1 aromatic carbocycles. The quantitative estimate of drug-likeness (QED) is 0.566. The van der Waals surface area contributed by atoms with Crippen molar-refractivity contribution in [3.05, 3.63) is 36.4 Å². The van der Waals surface area contributed by atoms with E-state index < -0.39 is 31.8 Å². The number of benzene rings is 1. The monoisotopic (exact) mass is 470 g/mol. The molecule has 0 bridgehead atoms. The molecule has 1 amide bonds. The van der Waals surface area contributed by atoms with E-state index in [9.17, 15) is 21.6 Å². The smallest absolute Gasteiger partial charge is 0.254 e. The highest BCUT2D eigenvalue weighted by Crippen LogP contribution is 2.30. The Bertz CT molecular complexity index is 1030. The van der Waals surface area contributed by atoms with Gasteiger partial charge in [-0.3, -0.25) is 4.79 Å². The van der Waals surface area contributed by atoms with E-state index in [2.05, 4.69) is 6.58 Å². The van der Waals surface area contributed by atoms with Crippen molar-refractivity contribution in [2.75, 3.05) is 38.2 Å². The number of sulfone groups is 1. The first-order valence-corrected chi connectivity index (χ1v) is 13.8. The van der Waals surface area contributed by atoms with E-state index in [0.717, 1.165) is 25.7 Å². The third kappa shape index (κ3) is 5.30. The molecule has 2 aliphatic rings.